The summed E-state index contributed by atoms with van der Waals surface area (Å²) in [6, 6.07) is 3.64. The largest absolute Gasteiger partial charge is 0.395 e. The van der Waals surface area contributed by atoms with Gasteiger partial charge in [-0.15, -0.1) is 0 Å². The fraction of sp³-hybridized carbons (Fsp3) is 0.500. The molecule has 2 rings (SSSR count). The first-order valence-electron chi connectivity index (χ1n) is 5.58. The Bertz CT molecular complexity index is 367. The third-order valence-corrected chi connectivity index (χ3v) is 2.98. The second kappa shape index (κ2) is 5.53. The lowest BCUT2D eigenvalue weighted by Crippen LogP contribution is -2.47. The van der Waals surface area contributed by atoms with Gasteiger partial charge in [-0.1, -0.05) is 6.07 Å². The molecule has 0 unspecified atom stereocenters. The SMILES string of the molecule is OC[C@@H]1COCCN1Cc1c(F)cccc1F. The van der Waals surface area contributed by atoms with Gasteiger partial charge < -0.3 is 9.84 Å². The van der Waals surface area contributed by atoms with Gasteiger partial charge in [-0.3, -0.25) is 4.90 Å². The standard InChI is InChI=1S/C12H15F2NO2/c13-11-2-1-3-12(14)10(11)6-15-4-5-17-8-9(15)7-16/h1-3,9,16H,4-8H2/t9-/m1/s1. The van der Waals surface area contributed by atoms with Crippen molar-refractivity contribution in [1.82, 2.24) is 4.90 Å². The van der Waals surface area contributed by atoms with Gasteiger partial charge in [0.25, 0.3) is 0 Å². The number of aliphatic hydroxyl groups is 1. The van der Waals surface area contributed by atoms with Crippen molar-refractivity contribution in [2.45, 2.75) is 12.6 Å². The topological polar surface area (TPSA) is 32.7 Å². The summed E-state index contributed by atoms with van der Waals surface area (Å²) in [5, 5.41) is 9.17. The van der Waals surface area contributed by atoms with Crippen LogP contribution in [0.25, 0.3) is 0 Å². The van der Waals surface area contributed by atoms with E-state index in [-0.39, 0.29) is 24.8 Å². The minimum Gasteiger partial charge on any atom is -0.395 e. The smallest absolute Gasteiger partial charge is 0.130 e. The van der Waals surface area contributed by atoms with E-state index in [4.69, 9.17) is 9.84 Å². The van der Waals surface area contributed by atoms with E-state index in [1.165, 1.54) is 18.2 Å². The number of benzene rings is 1. The minimum atomic E-state index is -0.548. The van der Waals surface area contributed by atoms with Crippen molar-refractivity contribution in [3.05, 3.63) is 35.4 Å². The van der Waals surface area contributed by atoms with E-state index in [9.17, 15) is 8.78 Å². The van der Waals surface area contributed by atoms with Crippen molar-refractivity contribution in [2.24, 2.45) is 0 Å². The van der Waals surface area contributed by atoms with E-state index in [1.807, 2.05) is 4.90 Å². The molecule has 1 heterocycles. The van der Waals surface area contributed by atoms with Crippen LogP contribution in [0.3, 0.4) is 0 Å². The van der Waals surface area contributed by atoms with Crippen molar-refractivity contribution < 1.29 is 18.6 Å². The molecule has 0 radical (unpaired) electrons. The third-order valence-electron chi connectivity index (χ3n) is 2.98. The lowest BCUT2D eigenvalue weighted by atomic mass is 10.1. The lowest BCUT2D eigenvalue weighted by molar-refractivity contribution is -0.0320. The van der Waals surface area contributed by atoms with Crippen molar-refractivity contribution in [3.63, 3.8) is 0 Å². The maximum atomic E-state index is 13.5. The Morgan fingerprint density at radius 3 is 2.71 bits per heavy atom. The molecule has 0 saturated carbocycles. The van der Waals surface area contributed by atoms with Gasteiger partial charge in [-0.05, 0) is 12.1 Å². The first kappa shape index (κ1) is 12.4. The van der Waals surface area contributed by atoms with Crippen LogP contribution < -0.4 is 0 Å². The summed E-state index contributed by atoms with van der Waals surface area (Å²) in [5.74, 6) is -1.10. The number of hydrogen-bond acceptors (Lipinski definition) is 3. The van der Waals surface area contributed by atoms with Crippen molar-refractivity contribution in [3.8, 4) is 0 Å². The van der Waals surface area contributed by atoms with E-state index in [1.54, 1.807) is 0 Å². The van der Waals surface area contributed by atoms with E-state index in [2.05, 4.69) is 0 Å². The zero-order valence-electron chi connectivity index (χ0n) is 9.40. The highest BCUT2D eigenvalue weighted by atomic mass is 19.1. The second-order valence-corrected chi connectivity index (χ2v) is 4.08. The Hall–Kier alpha value is -1.04. The number of nitrogens with zero attached hydrogens (tertiary/aromatic N) is 1. The van der Waals surface area contributed by atoms with Gasteiger partial charge in [0.2, 0.25) is 0 Å². The van der Waals surface area contributed by atoms with E-state index in [0.29, 0.717) is 19.8 Å². The summed E-state index contributed by atoms with van der Waals surface area (Å²) in [7, 11) is 0. The monoisotopic (exact) mass is 243 g/mol. The fourth-order valence-corrected chi connectivity index (χ4v) is 1.95. The molecule has 1 atom stereocenters. The van der Waals surface area contributed by atoms with Crippen LogP contribution in [0.4, 0.5) is 8.78 Å². The van der Waals surface area contributed by atoms with Gasteiger partial charge in [0.1, 0.15) is 11.6 Å². The number of aliphatic hydroxyl groups excluding tert-OH is 1. The Morgan fingerprint density at radius 1 is 1.35 bits per heavy atom. The predicted molar refractivity (Wildman–Crippen MR) is 58.5 cm³/mol. The van der Waals surface area contributed by atoms with Crippen molar-refractivity contribution in [1.29, 1.82) is 0 Å². The number of hydrogen-bond donors (Lipinski definition) is 1. The van der Waals surface area contributed by atoms with Crippen LogP contribution >= 0.6 is 0 Å². The molecule has 1 aromatic carbocycles. The highest BCUT2D eigenvalue weighted by Gasteiger charge is 2.24. The maximum absolute atomic E-state index is 13.5. The fourth-order valence-electron chi connectivity index (χ4n) is 1.95. The van der Waals surface area contributed by atoms with Gasteiger partial charge in [0.15, 0.2) is 0 Å². The highest BCUT2D eigenvalue weighted by Crippen LogP contribution is 2.17. The molecule has 1 fully saturated rings. The van der Waals surface area contributed by atoms with Crippen LogP contribution in [-0.2, 0) is 11.3 Å². The van der Waals surface area contributed by atoms with Gasteiger partial charge in [-0.25, -0.2) is 8.78 Å². The summed E-state index contributed by atoms with van der Waals surface area (Å²) in [4.78, 5) is 1.84. The van der Waals surface area contributed by atoms with Gasteiger partial charge in [0, 0.05) is 18.7 Å². The zero-order chi connectivity index (χ0) is 12.3. The molecular formula is C12H15F2NO2. The zero-order valence-corrected chi connectivity index (χ0v) is 9.40. The van der Waals surface area contributed by atoms with E-state index < -0.39 is 11.6 Å². The average Bonchev–Trinajstić information content (AvgIpc) is 2.34. The van der Waals surface area contributed by atoms with Crippen LogP contribution in [0.2, 0.25) is 0 Å². The summed E-state index contributed by atoms with van der Waals surface area (Å²) >= 11 is 0. The van der Waals surface area contributed by atoms with Crippen LogP contribution in [-0.4, -0.2) is 42.4 Å². The third kappa shape index (κ3) is 2.80. The van der Waals surface area contributed by atoms with E-state index in [0.717, 1.165) is 0 Å². The molecule has 1 N–H and O–H groups in total. The quantitative estimate of drug-likeness (QED) is 0.864. The Balaban J connectivity index is 2.13. The van der Waals surface area contributed by atoms with Crippen LogP contribution in [0.1, 0.15) is 5.56 Å². The molecular weight excluding hydrogens is 228 g/mol. The summed E-state index contributed by atoms with van der Waals surface area (Å²) in [5.41, 5.74) is 0.0489. The first-order valence-corrected chi connectivity index (χ1v) is 5.58. The maximum Gasteiger partial charge on any atom is 0.130 e. The summed E-state index contributed by atoms with van der Waals surface area (Å²) in [6.07, 6.45) is 0. The average molecular weight is 243 g/mol. The minimum absolute atomic E-state index is 0.0489. The Labute approximate surface area is 98.6 Å². The van der Waals surface area contributed by atoms with E-state index >= 15 is 0 Å². The highest BCUT2D eigenvalue weighted by molar-refractivity contribution is 5.19. The molecule has 94 valence electrons. The molecule has 1 saturated heterocycles. The van der Waals surface area contributed by atoms with Gasteiger partial charge in [0.05, 0.1) is 25.9 Å². The molecule has 0 amide bonds. The molecule has 0 aromatic heterocycles. The molecule has 0 spiro atoms. The van der Waals surface area contributed by atoms with Crippen LogP contribution in [0.5, 0.6) is 0 Å². The van der Waals surface area contributed by atoms with Gasteiger partial charge >= 0.3 is 0 Å². The molecule has 1 aromatic rings. The molecule has 0 bridgehead atoms. The number of ether oxygens (including phenoxy) is 1. The Morgan fingerprint density at radius 2 is 2.06 bits per heavy atom. The Kier molecular flexibility index (Phi) is 4.04. The predicted octanol–water partition coefficient (Wildman–Crippen LogP) is 1.16. The summed E-state index contributed by atoms with van der Waals surface area (Å²) in [6.45, 7) is 1.57. The first-order chi connectivity index (χ1) is 8.22. The molecule has 1 aliphatic rings. The molecule has 1 aliphatic heterocycles. The second-order valence-electron chi connectivity index (χ2n) is 4.08. The summed E-state index contributed by atoms with van der Waals surface area (Å²) < 4.78 is 32.2. The van der Waals surface area contributed by atoms with Gasteiger partial charge in [-0.2, -0.15) is 0 Å². The number of halogens is 2. The lowest BCUT2D eigenvalue weighted by Gasteiger charge is -2.34. The van der Waals surface area contributed by atoms with Crippen molar-refractivity contribution in [2.75, 3.05) is 26.4 Å². The van der Waals surface area contributed by atoms with Crippen LogP contribution in [0.15, 0.2) is 18.2 Å². The molecule has 17 heavy (non-hydrogen) atoms. The van der Waals surface area contributed by atoms with Crippen molar-refractivity contribution >= 4 is 0 Å². The number of morpholine rings is 1. The molecule has 0 aliphatic carbocycles. The van der Waals surface area contributed by atoms with Crippen LogP contribution in [0, 0.1) is 11.6 Å². The number of rotatable bonds is 3. The molecule has 5 heteroatoms. The molecule has 3 nitrogen and oxygen atoms in total. The normalized spacial score (nSPS) is 21.7.